The molecule has 0 amide bonds. The van der Waals surface area contributed by atoms with Crippen molar-refractivity contribution in [2.75, 3.05) is 6.54 Å². The Morgan fingerprint density at radius 1 is 1.32 bits per heavy atom. The molecule has 0 aromatic carbocycles. The molecule has 0 saturated carbocycles. The molecule has 4 heterocycles. The summed E-state index contributed by atoms with van der Waals surface area (Å²) in [7, 11) is 0. The van der Waals surface area contributed by atoms with Crippen molar-refractivity contribution in [3.63, 3.8) is 0 Å². The standard InChI is InChI=1S/C16H19N5S/c1-13-16-17-9-15(11-20-5-2-4-18-20)21(16)7-6-19(13)10-14-3-8-22-12-14/h2-5,8-9,12-13H,6-7,10-11H2,1H3/t13-/m0/s1. The Morgan fingerprint density at radius 2 is 2.27 bits per heavy atom. The maximum absolute atomic E-state index is 4.68. The number of hydrogen-bond acceptors (Lipinski definition) is 4. The normalized spacial score (nSPS) is 18.5. The molecule has 0 unspecified atom stereocenters. The van der Waals surface area contributed by atoms with Crippen LogP contribution in [-0.4, -0.2) is 30.8 Å². The average molecular weight is 313 g/mol. The highest BCUT2D eigenvalue weighted by Crippen LogP contribution is 2.27. The van der Waals surface area contributed by atoms with E-state index in [1.807, 2.05) is 29.3 Å². The van der Waals surface area contributed by atoms with Crippen LogP contribution in [-0.2, 0) is 19.6 Å². The van der Waals surface area contributed by atoms with Crippen molar-refractivity contribution in [3.05, 3.63) is 58.6 Å². The molecule has 0 radical (unpaired) electrons. The van der Waals surface area contributed by atoms with Gasteiger partial charge in [-0.3, -0.25) is 9.58 Å². The molecule has 6 heteroatoms. The van der Waals surface area contributed by atoms with E-state index in [-0.39, 0.29) is 0 Å². The van der Waals surface area contributed by atoms with Gasteiger partial charge in [0.15, 0.2) is 0 Å². The third kappa shape index (κ3) is 2.48. The predicted molar refractivity (Wildman–Crippen MR) is 86.7 cm³/mol. The van der Waals surface area contributed by atoms with Crippen LogP contribution in [0.3, 0.4) is 0 Å². The van der Waals surface area contributed by atoms with Gasteiger partial charge in [0.25, 0.3) is 0 Å². The zero-order valence-electron chi connectivity index (χ0n) is 12.6. The van der Waals surface area contributed by atoms with E-state index in [2.05, 4.69) is 43.3 Å². The fourth-order valence-electron chi connectivity index (χ4n) is 3.12. The van der Waals surface area contributed by atoms with E-state index in [0.29, 0.717) is 6.04 Å². The topological polar surface area (TPSA) is 38.9 Å². The second kappa shape index (κ2) is 5.70. The van der Waals surface area contributed by atoms with E-state index < -0.39 is 0 Å². The largest absolute Gasteiger partial charge is 0.328 e. The molecule has 0 aliphatic carbocycles. The van der Waals surface area contributed by atoms with E-state index in [1.165, 1.54) is 17.1 Å². The van der Waals surface area contributed by atoms with Gasteiger partial charge in [-0.15, -0.1) is 0 Å². The number of thiophene rings is 1. The van der Waals surface area contributed by atoms with Gasteiger partial charge in [-0.25, -0.2) is 4.98 Å². The van der Waals surface area contributed by atoms with Crippen LogP contribution in [0.15, 0.2) is 41.5 Å². The molecule has 0 fully saturated rings. The summed E-state index contributed by atoms with van der Waals surface area (Å²) in [5, 5.41) is 8.67. The number of aromatic nitrogens is 4. The molecular formula is C16H19N5S. The minimum absolute atomic E-state index is 0.347. The molecular weight excluding hydrogens is 294 g/mol. The first-order valence-corrected chi connectivity index (χ1v) is 8.52. The van der Waals surface area contributed by atoms with E-state index >= 15 is 0 Å². The van der Waals surface area contributed by atoms with Crippen molar-refractivity contribution in [1.29, 1.82) is 0 Å². The quantitative estimate of drug-likeness (QED) is 0.743. The van der Waals surface area contributed by atoms with Crippen LogP contribution in [0.1, 0.15) is 30.0 Å². The van der Waals surface area contributed by atoms with Gasteiger partial charge in [0.2, 0.25) is 0 Å². The third-order valence-corrected chi connectivity index (χ3v) is 5.08. The van der Waals surface area contributed by atoms with Crippen molar-refractivity contribution in [2.45, 2.75) is 32.6 Å². The second-order valence-electron chi connectivity index (χ2n) is 5.74. The van der Waals surface area contributed by atoms with Gasteiger partial charge in [-0.1, -0.05) is 0 Å². The van der Waals surface area contributed by atoms with Crippen LogP contribution in [0.2, 0.25) is 0 Å². The number of fused-ring (bicyclic) bond motifs is 1. The monoisotopic (exact) mass is 313 g/mol. The summed E-state index contributed by atoms with van der Waals surface area (Å²) in [6.07, 6.45) is 5.81. The van der Waals surface area contributed by atoms with Crippen LogP contribution in [0.5, 0.6) is 0 Å². The molecule has 4 rings (SSSR count). The lowest BCUT2D eigenvalue weighted by Gasteiger charge is -2.34. The third-order valence-electron chi connectivity index (χ3n) is 4.35. The lowest BCUT2D eigenvalue weighted by atomic mass is 10.2. The van der Waals surface area contributed by atoms with E-state index in [9.17, 15) is 0 Å². The Balaban J connectivity index is 1.54. The summed E-state index contributed by atoms with van der Waals surface area (Å²) in [5.41, 5.74) is 2.63. The van der Waals surface area contributed by atoms with Crippen molar-refractivity contribution in [3.8, 4) is 0 Å². The smallest absolute Gasteiger partial charge is 0.126 e. The predicted octanol–water partition coefficient (Wildman–Crippen LogP) is 2.77. The number of rotatable bonds is 4. The Morgan fingerprint density at radius 3 is 3.05 bits per heavy atom. The van der Waals surface area contributed by atoms with Gasteiger partial charge in [0.05, 0.1) is 24.5 Å². The molecule has 3 aromatic heterocycles. The SMILES string of the molecule is C[C@H]1c2ncc(Cn3cccn3)n2CCN1Cc1ccsc1. The summed E-state index contributed by atoms with van der Waals surface area (Å²) in [4.78, 5) is 7.18. The Kier molecular flexibility index (Phi) is 3.56. The van der Waals surface area contributed by atoms with Gasteiger partial charge >= 0.3 is 0 Å². The highest BCUT2D eigenvalue weighted by molar-refractivity contribution is 7.07. The average Bonchev–Trinajstić information content (AvgIpc) is 3.25. The molecule has 0 bridgehead atoms. The van der Waals surface area contributed by atoms with Crippen molar-refractivity contribution < 1.29 is 0 Å². The van der Waals surface area contributed by atoms with Crippen LogP contribution in [0, 0.1) is 0 Å². The number of nitrogens with zero attached hydrogens (tertiary/aromatic N) is 5. The first-order chi connectivity index (χ1) is 10.8. The summed E-state index contributed by atoms with van der Waals surface area (Å²) in [5.74, 6) is 1.17. The lowest BCUT2D eigenvalue weighted by Crippen LogP contribution is -2.37. The Labute approximate surface area is 133 Å². The summed E-state index contributed by atoms with van der Waals surface area (Å²) in [6, 6.07) is 4.51. The van der Waals surface area contributed by atoms with Gasteiger partial charge in [0, 0.05) is 32.0 Å². The van der Waals surface area contributed by atoms with Crippen molar-refractivity contribution in [1.82, 2.24) is 24.2 Å². The fraction of sp³-hybridized carbons (Fsp3) is 0.375. The summed E-state index contributed by atoms with van der Waals surface area (Å²) >= 11 is 1.76. The minimum atomic E-state index is 0.347. The van der Waals surface area contributed by atoms with E-state index in [1.54, 1.807) is 11.3 Å². The highest BCUT2D eigenvalue weighted by Gasteiger charge is 2.27. The van der Waals surface area contributed by atoms with Crippen molar-refractivity contribution in [2.24, 2.45) is 0 Å². The highest BCUT2D eigenvalue weighted by atomic mass is 32.1. The number of hydrogen-bond donors (Lipinski definition) is 0. The molecule has 114 valence electrons. The van der Waals surface area contributed by atoms with Crippen LogP contribution < -0.4 is 0 Å². The van der Waals surface area contributed by atoms with Gasteiger partial charge in [-0.05, 0) is 35.4 Å². The van der Waals surface area contributed by atoms with Gasteiger partial charge in [0.1, 0.15) is 5.82 Å². The number of imidazole rings is 1. The second-order valence-corrected chi connectivity index (χ2v) is 6.52. The van der Waals surface area contributed by atoms with E-state index in [0.717, 1.165) is 26.2 Å². The molecule has 1 aliphatic heterocycles. The molecule has 3 aromatic rings. The Bertz CT molecular complexity index is 729. The molecule has 0 spiro atoms. The van der Waals surface area contributed by atoms with Crippen molar-refractivity contribution >= 4 is 11.3 Å². The van der Waals surface area contributed by atoms with Gasteiger partial charge < -0.3 is 4.57 Å². The van der Waals surface area contributed by atoms with Crippen LogP contribution in [0.25, 0.3) is 0 Å². The maximum atomic E-state index is 4.68. The molecule has 22 heavy (non-hydrogen) atoms. The first kappa shape index (κ1) is 13.7. The molecule has 0 N–H and O–H groups in total. The summed E-state index contributed by atoms with van der Waals surface area (Å²) < 4.78 is 4.31. The zero-order valence-corrected chi connectivity index (χ0v) is 13.4. The molecule has 5 nitrogen and oxygen atoms in total. The van der Waals surface area contributed by atoms with E-state index in [4.69, 9.17) is 0 Å². The minimum Gasteiger partial charge on any atom is -0.328 e. The first-order valence-electron chi connectivity index (χ1n) is 7.58. The van der Waals surface area contributed by atoms with Gasteiger partial charge in [-0.2, -0.15) is 16.4 Å². The Hall–Kier alpha value is -1.92. The molecule has 0 saturated heterocycles. The fourth-order valence-corrected chi connectivity index (χ4v) is 3.78. The summed E-state index contributed by atoms with van der Waals surface area (Å²) in [6.45, 7) is 6.11. The lowest BCUT2D eigenvalue weighted by molar-refractivity contribution is 0.155. The molecule has 1 aliphatic rings. The van der Waals surface area contributed by atoms with Crippen LogP contribution >= 0.6 is 11.3 Å². The molecule has 1 atom stereocenters. The maximum Gasteiger partial charge on any atom is 0.126 e. The zero-order chi connectivity index (χ0) is 14.9. The van der Waals surface area contributed by atoms with Crippen LogP contribution in [0.4, 0.5) is 0 Å².